The number of aromatic carboxylic acids is 2. The zero-order valence-electron chi connectivity index (χ0n) is 16.9. The summed E-state index contributed by atoms with van der Waals surface area (Å²) in [4.78, 5) is 23.4. The van der Waals surface area contributed by atoms with Crippen LogP contribution in [0.25, 0.3) is 0 Å². The third-order valence-corrected chi connectivity index (χ3v) is 4.04. The molecule has 0 radical (unpaired) electrons. The molecule has 1 rings (SSSR count). The number of hydrogen-bond donors (Lipinski definition) is 4. The minimum Gasteiger partial charge on any atom is -0.478 e. The van der Waals surface area contributed by atoms with Crippen LogP contribution in [0.5, 0.6) is 0 Å². The Morgan fingerprint density at radius 2 is 1.13 bits per heavy atom. The predicted molar refractivity (Wildman–Crippen MR) is 105 cm³/mol. The number of aliphatic hydroxyl groups is 2. The Morgan fingerprint density at radius 3 is 1.57 bits per heavy atom. The monoisotopic (exact) mass is 430 g/mol. The highest BCUT2D eigenvalue weighted by Gasteiger charge is 2.20. The number of carboxylic acid groups (broad SMARTS) is 2. The van der Waals surface area contributed by atoms with Gasteiger partial charge in [-0.05, 0) is 48.9 Å². The fourth-order valence-corrected chi connectivity index (χ4v) is 2.74. The van der Waals surface area contributed by atoms with Crippen molar-refractivity contribution in [3.8, 4) is 0 Å². The largest absolute Gasteiger partial charge is 0.478 e. The van der Waals surface area contributed by atoms with E-state index in [0.29, 0.717) is 31.4 Å². The Kier molecular flexibility index (Phi) is 13.6. The van der Waals surface area contributed by atoms with Gasteiger partial charge in [-0.1, -0.05) is 0 Å². The van der Waals surface area contributed by atoms with Crippen LogP contribution in [0.1, 0.15) is 44.7 Å². The van der Waals surface area contributed by atoms with Crippen LogP contribution in [0.15, 0.2) is 12.1 Å². The molecule has 1 aromatic carbocycles. The molecular weight excluding hydrogens is 400 g/mol. The van der Waals surface area contributed by atoms with Crippen LogP contribution in [0.4, 0.5) is 0 Å². The molecule has 0 saturated carbocycles. The fraction of sp³-hybridized carbons (Fsp3) is 0.600. The summed E-state index contributed by atoms with van der Waals surface area (Å²) >= 11 is 0. The first kappa shape index (κ1) is 26.0. The third-order valence-electron chi connectivity index (χ3n) is 4.04. The SMILES string of the molecule is O=C(O)c1cc(CCCOCOCCO)cc(C(=O)O)c1CCCOCOCCO. The van der Waals surface area contributed by atoms with Crippen LogP contribution in [0.2, 0.25) is 0 Å². The van der Waals surface area contributed by atoms with Crippen molar-refractivity contribution < 1.29 is 49.0 Å². The molecule has 30 heavy (non-hydrogen) atoms. The van der Waals surface area contributed by atoms with Gasteiger partial charge in [0.2, 0.25) is 0 Å². The number of aryl methyl sites for hydroxylation is 1. The van der Waals surface area contributed by atoms with Crippen molar-refractivity contribution in [1.82, 2.24) is 0 Å². The zero-order valence-corrected chi connectivity index (χ0v) is 16.9. The lowest BCUT2D eigenvalue weighted by Crippen LogP contribution is -2.13. The molecule has 0 unspecified atom stereocenters. The Balaban J connectivity index is 2.69. The van der Waals surface area contributed by atoms with Crippen molar-refractivity contribution in [1.29, 1.82) is 0 Å². The molecule has 0 heterocycles. The molecule has 10 nitrogen and oxygen atoms in total. The molecule has 10 heteroatoms. The molecule has 0 spiro atoms. The van der Waals surface area contributed by atoms with Crippen LogP contribution in [0.3, 0.4) is 0 Å². The minimum atomic E-state index is -1.18. The maximum atomic E-state index is 11.7. The number of hydrogen-bond acceptors (Lipinski definition) is 8. The molecule has 0 bridgehead atoms. The van der Waals surface area contributed by atoms with Crippen LogP contribution in [-0.2, 0) is 31.8 Å². The normalized spacial score (nSPS) is 11.0. The van der Waals surface area contributed by atoms with Gasteiger partial charge in [0.25, 0.3) is 0 Å². The molecule has 170 valence electrons. The van der Waals surface area contributed by atoms with E-state index in [4.69, 9.17) is 29.2 Å². The maximum Gasteiger partial charge on any atom is 0.335 e. The lowest BCUT2D eigenvalue weighted by Gasteiger charge is -2.13. The first-order valence-electron chi connectivity index (χ1n) is 9.66. The Bertz CT molecular complexity index is 611. The lowest BCUT2D eigenvalue weighted by atomic mass is 9.93. The average molecular weight is 430 g/mol. The van der Waals surface area contributed by atoms with Crippen molar-refractivity contribution in [2.75, 3.05) is 53.2 Å². The fourth-order valence-electron chi connectivity index (χ4n) is 2.74. The van der Waals surface area contributed by atoms with E-state index < -0.39 is 11.9 Å². The number of aliphatic hydroxyl groups excluding tert-OH is 2. The topological polar surface area (TPSA) is 152 Å². The van der Waals surface area contributed by atoms with E-state index in [1.165, 1.54) is 12.1 Å². The van der Waals surface area contributed by atoms with Crippen molar-refractivity contribution in [3.63, 3.8) is 0 Å². The maximum absolute atomic E-state index is 11.7. The molecule has 1 aromatic rings. The van der Waals surface area contributed by atoms with Gasteiger partial charge in [-0.3, -0.25) is 0 Å². The van der Waals surface area contributed by atoms with E-state index in [-0.39, 0.29) is 69.7 Å². The molecule has 0 fully saturated rings. The summed E-state index contributed by atoms with van der Waals surface area (Å²) in [6.07, 6.45) is 1.66. The molecule has 0 aliphatic rings. The molecule has 0 saturated heterocycles. The third kappa shape index (κ3) is 10.1. The second-order valence-electron chi connectivity index (χ2n) is 6.30. The van der Waals surface area contributed by atoms with Crippen LogP contribution in [0, 0.1) is 0 Å². The molecule has 0 amide bonds. The molecule has 0 aromatic heterocycles. The summed E-state index contributed by atoms with van der Waals surface area (Å²) in [5.41, 5.74) is 0.789. The van der Waals surface area contributed by atoms with Gasteiger partial charge in [-0.2, -0.15) is 0 Å². The van der Waals surface area contributed by atoms with Gasteiger partial charge in [0.1, 0.15) is 13.6 Å². The van der Waals surface area contributed by atoms with E-state index in [9.17, 15) is 19.8 Å². The van der Waals surface area contributed by atoms with E-state index in [0.717, 1.165) is 0 Å². The molecule has 4 N–H and O–H groups in total. The van der Waals surface area contributed by atoms with Crippen molar-refractivity contribution in [2.45, 2.75) is 25.7 Å². The second kappa shape index (κ2) is 15.7. The lowest BCUT2D eigenvalue weighted by molar-refractivity contribution is -0.0627. The van der Waals surface area contributed by atoms with Crippen LogP contribution < -0.4 is 0 Å². The Hall–Kier alpha value is -2.08. The van der Waals surface area contributed by atoms with Crippen LogP contribution in [-0.4, -0.2) is 85.6 Å². The van der Waals surface area contributed by atoms with E-state index >= 15 is 0 Å². The highest BCUT2D eigenvalue weighted by Crippen LogP contribution is 2.21. The van der Waals surface area contributed by atoms with Crippen LogP contribution >= 0.6 is 0 Å². The number of ether oxygens (including phenoxy) is 4. The standard InChI is InChI=1S/C20H30O10/c21-5-9-29-13-27-7-1-3-15-11-17(19(23)24)16(18(12-15)20(25)26)4-2-8-28-14-30-10-6-22/h11-12,21-22H,1-10,13-14H2,(H,23,24)(H,25,26). The molecule has 0 atom stereocenters. The molecular formula is C20H30O10. The summed E-state index contributed by atoms with van der Waals surface area (Å²) < 4.78 is 20.4. The number of benzene rings is 1. The number of carbonyl (C=O) groups is 2. The van der Waals surface area contributed by atoms with Gasteiger partial charge in [-0.25, -0.2) is 9.59 Å². The Labute approximate surface area is 174 Å². The summed E-state index contributed by atoms with van der Waals surface area (Å²) in [5, 5.41) is 36.3. The first-order chi connectivity index (χ1) is 14.5. The first-order valence-corrected chi connectivity index (χ1v) is 9.66. The quantitative estimate of drug-likeness (QED) is 0.195. The zero-order chi connectivity index (χ0) is 22.2. The highest BCUT2D eigenvalue weighted by molar-refractivity contribution is 5.97. The van der Waals surface area contributed by atoms with Gasteiger partial charge in [0.15, 0.2) is 0 Å². The highest BCUT2D eigenvalue weighted by atomic mass is 16.7. The van der Waals surface area contributed by atoms with Gasteiger partial charge < -0.3 is 39.4 Å². The predicted octanol–water partition coefficient (Wildman–Crippen LogP) is 0.914. The summed E-state index contributed by atoms with van der Waals surface area (Å²) in [6.45, 7) is 0.825. The van der Waals surface area contributed by atoms with Gasteiger partial charge in [0.05, 0.1) is 37.6 Å². The van der Waals surface area contributed by atoms with E-state index in [1.807, 2.05) is 0 Å². The van der Waals surface area contributed by atoms with Crippen molar-refractivity contribution >= 4 is 11.9 Å². The van der Waals surface area contributed by atoms with E-state index in [2.05, 4.69) is 0 Å². The number of rotatable bonds is 18. The number of carboxylic acids is 2. The average Bonchev–Trinajstić information content (AvgIpc) is 2.72. The van der Waals surface area contributed by atoms with Crippen molar-refractivity contribution in [3.05, 3.63) is 34.4 Å². The molecule has 0 aliphatic carbocycles. The second-order valence-corrected chi connectivity index (χ2v) is 6.30. The summed E-state index contributed by atoms with van der Waals surface area (Å²) in [7, 11) is 0. The van der Waals surface area contributed by atoms with Gasteiger partial charge in [0, 0.05) is 13.2 Å². The smallest absolute Gasteiger partial charge is 0.335 e. The van der Waals surface area contributed by atoms with Gasteiger partial charge >= 0.3 is 11.9 Å². The minimum absolute atomic E-state index is 0.00415. The van der Waals surface area contributed by atoms with Gasteiger partial charge in [-0.15, -0.1) is 0 Å². The molecule has 0 aliphatic heterocycles. The van der Waals surface area contributed by atoms with Crippen molar-refractivity contribution in [2.24, 2.45) is 0 Å². The summed E-state index contributed by atoms with van der Waals surface area (Å²) in [6, 6.07) is 3.00. The Morgan fingerprint density at radius 1 is 0.700 bits per heavy atom. The van der Waals surface area contributed by atoms with E-state index in [1.54, 1.807) is 0 Å². The summed E-state index contributed by atoms with van der Waals surface area (Å²) in [5.74, 6) is -2.37.